The molecule has 1 amide bonds. The summed E-state index contributed by atoms with van der Waals surface area (Å²) in [6.45, 7) is 1.03. The van der Waals surface area contributed by atoms with Gasteiger partial charge in [-0.05, 0) is 49.2 Å². The van der Waals surface area contributed by atoms with Crippen LogP contribution in [0.2, 0.25) is 0 Å². The van der Waals surface area contributed by atoms with Gasteiger partial charge < -0.3 is 14.6 Å². The Bertz CT molecular complexity index is 981. The van der Waals surface area contributed by atoms with Crippen molar-refractivity contribution in [3.05, 3.63) is 71.7 Å². The van der Waals surface area contributed by atoms with Crippen LogP contribution in [0.3, 0.4) is 0 Å². The van der Waals surface area contributed by atoms with Crippen molar-refractivity contribution in [1.82, 2.24) is 9.55 Å². The largest absolute Gasteiger partial charge is 0.465 e. The average molecular weight is 375 g/mol. The Morgan fingerprint density at radius 2 is 1.71 bits per heavy atom. The van der Waals surface area contributed by atoms with Crippen molar-refractivity contribution in [2.75, 3.05) is 12.4 Å². The van der Waals surface area contributed by atoms with Gasteiger partial charge in [0, 0.05) is 36.0 Å². The molecule has 0 spiro atoms. The van der Waals surface area contributed by atoms with Crippen molar-refractivity contribution in [1.29, 1.82) is 0 Å². The van der Waals surface area contributed by atoms with Crippen molar-refractivity contribution < 1.29 is 14.3 Å². The number of methoxy groups -OCH3 is 1. The van der Waals surface area contributed by atoms with Gasteiger partial charge in [0.1, 0.15) is 5.82 Å². The molecule has 28 heavy (non-hydrogen) atoms. The minimum atomic E-state index is -0.427. The van der Waals surface area contributed by atoms with Crippen LogP contribution in [-0.2, 0) is 17.7 Å². The van der Waals surface area contributed by atoms with Crippen LogP contribution in [0, 0.1) is 0 Å². The second-order valence-corrected chi connectivity index (χ2v) is 6.79. The maximum Gasteiger partial charge on any atom is 0.337 e. The molecule has 1 N–H and O–H groups in total. The monoisotopic (exact) mass is 375 g/mol. The third-order valence-corrected chi connectivity index (χ3v) is 4.92. The number of rotatable bonds is 4. The topological polar surface area (TPSA) is 73.2 Å². The standard InChI is InChI=1S/C22H21N3O3/c1-28-22(27)17-7-5-16(6-8-17)21(26)23-18-11-9-15(10-12-18)19-14-25-13-3-2-4-20(25)24-19/h5-12,14H,2-4,13H2,1H3,(H,23,26). The number of anilines is 1. The molecule has 0 radical (unpaired) electrons. The molecule has 2 aromatic carbocycles. The van der Waals surface area contributed by atoms with E-state index in [9.17, 15) is 9.59 Å². The van der Waals surface area contributed by atoms with Gasteiger partial charge in [0.2, 0.25) is 0 Å². The van der Waals surface area contributed by atoms with Crippen molar-refractivity contribution in [2.45, 2.75) is 25.8 Å². The van der Waals surface area contributed by atoms with Crippen LogP contribution in [0.5, 0.6) is 0 Å². The number of nitrogens with zero attached hydrogens (tertiary/aromatic N) is 2. The van der Waals surface area contributed by atoms with Crippen LogP contribution in [0.15, 0.2) is 54.7 Å². The molecular weight excluding hydrogens is 354 g/mol. The molecule has 0 saturated heterocycles. The van der Waals surface area contributed by atoms with Gasteiger partial charge >= 0.3 is 5.97 Å². The first-order valence-electron chi connectivity index (χ1n) is 9.30. The van der Waals surface area contributed by atoms with E-state index in [2.05, 4.69) is 20.8 Å². The zero-order chi connectivity index (χ0) is 19.5. The molecule has 4 rings (SSSR count). The van der Waals surface area contributed by atoms with Crippen molar-refractivity contribution in [3.63, 3.8) is 0 Å². The number of aryl methyl sites for hydroxylation is 2. The first-order chi connectivity index (χ1) is 13.6. The van der Waals surface area contributed by atoms with E-state index >= 15 is 0 Å². The number of fused-ring (bicyclic) bond motifs is 1. The summed E-state index contributed by atoms with van der Waals surface area (Å²) in [4.78, 5) is 28.6. The number of benzene rings is 2. The molecular formula is C22H21N3O3. The number of ether oxygens (including phenoxy) is 1. The molecule has 3 aromatic rings. The zero-order valence-electron chi connectivity index (χ0n) is 15.6. The molecule has 0 unspecified atom stereocenters. The highest BCUT2D eigenvalue weighted by molar-refractivity contribution is 6.04. The van der Waals surface area contributed by atoms with E-state index in [0.717, 1.165) is 30.0 Å². The van der Waals surface area contributed by atoms with Crippen molar-refractivity contribution >= 4 is 17.6 Å². The highest BCUT2D eigenvalue weighted by atomic mass is 16.5. The van der Waals surface area contributed by atoms with Gasteiger partial charge in [-0.3, -0.25) is 4.79 Å². The second-order valence-electron chi connectivity index (χ2n) is 6.79. The molecule has 0 fully saturated rings. The molecule has 1 aliphatic heterocycles. The fourth-order valence-electron chi connectivity index (χ4n) is 3.35. The Hall–Kier alpha value is -3.41. The van der Waals surface area contributed by atoms with Gasteiger partial charge in [-0.15, -0.1) is 0 Å². The Labute approximate surface area is 163 Å². The van der Waals surface area contributed by atoms with E-state index in [0.29, 0.717) is 16.8 Å². The lowest BCUT2D eigenvalue weighted by atomic mass is 10.1. The Kier molecular flexibility index (Phi) is 4.93. The molecule has 1 aromatic heterocycles. The number of amides is 1. The maximum absolute atomic E-state index is 12.4. The fraction of sp³-hybridized carbons (Fsp3) is 0.227. The summed E-state index contributed by atoms with van der Waals surface area (Å²) in [7, 11) is 1.32. The van der Waals surface area contributed by atoms with E-state index in [1.807, 2.05) is 24.3 Å². The number of hydrogen-bond donors (Lipinski definition) is 1. The molecule has 0 atom stereocenters. The summed E-state index contributed by atoms with van der Waals surface area (Å²) < 4.78 is 6.89. The highest BCUT2D eigenvalue weighted by Gasteiger charge is 2.13. The molecule has 6 heteroatoms. The van der Waals surface area contributed by atoms with E-state index in [4.69, 9.17) is 4.98 Å². The average Bonchev–Trinajstić information content (AvgIpc) is 3.18. The van der Waals surface area contributed by atoms with Crippen molar-refractivity contribution in [2.24, 2.45) is 0 Å². The van der Waals surface area contributed by atoms with Gasteiger partial charge in [-0.25, -0.2) is 9.78 Å². The predicted molar refractivity (Wildman–Crippen MR) is 106 cm³/mol. The minimum absolute atomic E-state index is 0.235. The molecule has 0 aliphatic carbocycles. The van der Waals surface area contributed by atoms with Crippen LogP contribution in [0.1, 0.15) is 39.4 Å². The second kappa shape index (κ2) is 7.68. The summed E-state index contributed by atoms with van der Waals surface area (Å²) in [5, 5.41) is 2.87. The summed E-state index contributed by atoms with van der Waals surface area (Å²) in [5.41, 5.74) is 3.58. The molecule has 0 bridgehead atoms. The smallest absolute Gasteiger partial charge is 0.337 e. The van der Waals surface area contributed by atoms with E-state index in [1.165, 1.54) is 20.0 Å². The van der Waals surface area contributed by atoms with Crippen LogP contribution in [0.4, 0.5) is 5.69 Å². The molecule has 0 saturated carbocycles. The number of esters is 1. The molecule has 142 valence electrons. The summed E-state index contributed by atoms with van der Waals surface area (Å²) >= 11 is 0. The number of hydrogen-bond acceptors (Lipinski definition) is 4. The van der Waals surface area contributed by atoms with Crippen LogP contribution >= 0.6 is 0 Å². The normalized spacial score (nSPS) is 12.9. The Balaban J connectivity index is 1.44. The Morgan fingerprint density at radius 3 is 2.39 bits per heavy atom. The van der Waals surface area contributed by atoms with Crippen LogP contribution < -0.4 is 5.32 Å². The lowest BCUT2D eigenvalue weighted by Crippen LogP contribution is -2.12. The molecule has 6 nitrogen and oxygen atoms in total. The Morgan fingerprint density at radius 1 is 1.00 bits per heavy atom. The van der Waals surface area contributed by atoms with Crippen LogP contribution in [-0.4, -0.2) is 28.5 Å². The number of carbonyl (C=O) groups is 2. The van der Waals surface area contributed by atoms with Crippen molar-refractivity contribution in [3.8, 4) is 11.3 Å². The van der Waals surface area contributed by atoms with E-state index in [1.54, 1.807) is 24.3 Å². The third-order valence-electron chi connectivity index (χ3n) is 4.92. The third kappa shape index (κ3) is 3.67. The van der Waals surface area contributed by atoms with Gasteiger partial charge in [0.15, 0.2) is 0 Å². The fourth-order valence-corrected chi connectivity index (χ4v) is 3.35. The SMILES string of the molecule is COC(=O)c1ccc(C(=O)Nc2ccc(-c3cn4c(n3)CCCC4)cc2)cc1. The van der Waals surface area contributed by atoms with Gasteiger partial charge in [-0.1, -0.05) is 12.1 Å². The first kappa shape index (κ1) is 18.0. The van der Waals surface area contributed by atoms with E-state index < -0.39 is 5.97 Å². The molecule has 1 aliphatic rings. The summed E-state index contributed by atoms with van der Waals surface area (Å²) in [6, 6.07) is 14.0. The van der Waals surface area contributed by atoms with Gasteiger partial charge in [0.25, 0.3) is 5.91 Å². The number of imidazole rings is 1. The highest BCUT2D eigenvalue weighted by Crippen LogP contribution is 2.24. The summed E-state index contributed by atoms with van der Waals surface area (Å²) in [6.07, 6.45) is 5.53. The predicted octanol–water partition coefficient (Wildman–Crippen LogP) is 3.93. The number of nitrogens with one attached hydrogen (secondary N) is 1. The quantitative estimate of drug-likeness (QED) is 0.702. The number of carbonyl (C=O) groups excluding carboxylic acids is 2. The van der Waals surface area contributed by atoms with E-state index in [-0.39, 0.29) is 5.91 Å². The zero-order valence-corrected chi connectivity index (χ0v) is 15.6. The van der Waals surface area contributed by atoms with Crippen LogP contribution in [0.25, 0.3) is 11.3 Å². The van der Waals surface area contributed by atoms with Gasteiger partial charge in [-0.2, -0.15) is 0 Å². The first-order valence-corrected chi connectivity index (χ1v) is 9.30. The summed E-state index contributed by atoms with van der Waals surface area (Å²) in [5.74, 6) is 0.485. The number of aromatic nitrogens is 2. The maximum atomic E-state index is 12.4. The lowest BCUT2D eigenvalue weighted by molar-refractivity contribution is 0.0600. The molecule has 2 heterocycles. The van der Waals surface area contributed by atoms with Gasteiger partial charge in [0.05, 0.1) is 18.4 Å². The lowest BCUT2D eigenvalue weighted by Gasteiger charge is -2.11. The minimum Gasteiger partial charge on any atom is -0.465 e.